The first-order chi connectivity index (χ1) is 12.6. The Morgan fingerprint density at radius 3 is 2.85 bits per heavy atom. The molecule has 0 radical (unpaired) electrons. The van der Waals surface area contributed by atoms with Crippen LogP contribution in [-0.4, -0.2) is 61.1 Å². The van der Waals surface area contributed by atoms with Crippen LogP contribution in [0.25, 0.3) is 0 Å². The van der Waals surface area contributed by atoms with Gasteiger partial charge in [0.25, 0.3) is 0 Å². The summed E-state index contributed by atoms with van der Waals surface area (Å²) in [5.74, 6) is 2.70. The Morgan fingerprint density at radius 2 is 2.19 bits per heavy atom. The third kappa shape index (κ3) is 3.72. The number of rotatable bonds is 4. The molecular weight excluding hydrogens is 332 g/mol. The third-order valence-electron chi connectivity index (χ3n) is 4.93. The van der Waals surface area contributed by atoms with Gasteiger partial charge < -0.3 is 19.5 Å². The van der Waals surface area contributed by atoms with Gasteiger partial charge in [-0.15, -0.1) is 10.2 Å². The molecule has 3 heterocycles. The van der Waals surface area contributed by atoms with Crippen LogP contribution in [0.2, 0.25) is 0 Å². The first kappa shape index (κ1) is 17.0. The van der Waals surface area contributed by atoms with Crippen LogP contribution in [0.5, 0.6) is 0 Å². The average Bonchev–Trinajstić information content (AvgIpc) is 3.28. The van der Waals surface area contributed by atoms with Gasteiger partial charge >= 0.3 is 0 Å². The zero-order valence-corrected chi connectivity index (χ0v) is 15.6. The van der Waals surface area contributed by atoms with E-state index >= 15 is 0 Å². The van der Waals surface area contributed by atoms with Gasteiger partial charge in [0, 0.05) is 38.4 Å². The van der Waals surface area contributed by atoms with Crippen LogP contribution in [-0.2, 0) is 25.4 Å². The quantitative estimate of drug-likeness (QED) is 0.634. The van der Waals surface area contributed by atoms with Crippen LogP contribution in [0.4, 0.5) is 0 Å². The fourth-order valence-corrected chi connectivity index (χ4v) is 3.03. The lowest BCUT2D eigenvalue weighted by Gasteiger charge is -2.35. The van der Waals surface area contributed by atoms with E-state index in [0.29, 0.717) is 19.2 Å². The highest BCUT2D eigenvalue weighted by Gasteiger charge is 2.29. The van der Waals surface area contributed by atoms with Crippen molar-refractivity contribution in [1.82, 2.24) is 34.8 Å². The maximum Gasteiger partial charge on any atom is 0.194 e. The van der Waals surface area contributed by atoms with Gasteiger partial charge in [-0.1, -0.05) is 0 Å². The zero-order chi connectivity index (χ0) is 18.1. The van der Waals surface area contributed by atoms with Crippen molar-refractivity contribution in [2.45, 2.75) is 38.5 Å². The molecule has 2 fully saturated rings. The standard InChI is InChI=1S/C17H26N8O/c1-12-21-22-16(24(12)3)9-18-17(20-14-4-5-14)25-6-7-26-15(11-25)13-8-19-23(2)10-13/h8,10,14-15H,4-7,9,11H2,1-3H3,(H,18,20). The number of aliphatic imine (C=N–C) groups is 1. The van der Waals surface area contributed by atoms with Gasteiger partial charge in [-0.3, -0.25) is 4.68 Å². The first-order valence-electron chi connectivity index (χ1n) is 9.11. The Morgan fingerprint density at radius 1 is 1.35 bits per heavy atom. The maximum absolute atomic E-state index is 5.96. The minimum atomic E-state index is 0.0146. The number of hydrogen-bond donors (Lipinski definition) is 1. The first-order valence-corrected chi connectivity index (χ1v) is 9.11. The van der Waals surface area contributed by atoms with Gasteiger partial charge in [0.2, 0.25) is 0 Å². The van der Waals surface area contributed by atoms with E-state index in [-0.39, 0.29) is 6.10 Å². The Balaban J connectivity index is 1.49. The molecule has 2 aromatic rings. The topological polar surface area (TPSA) is 85.4 Å². The number of aryl methyl sites for hydroxylation is 2. The van der Waals surface area contributed by atoms with Crippen molar-refractivity contribution in [3.63, 3.8) is 0 Å². The molecule has 9 nitrogen and oxygen atoms in total. The molecule has 0 bridgehead atoms. The van der Waals surface area contributed by atoms with E-state index in [4.69, 9.17) is 9.73 Å². The summed E-state index contributed by atoms with van der Waals surface area (Å²) in [6.07, 6.45) is 6.32. The zero-order valence-electron chi connectivity index (χ0n) is 15.6. The Labute approximate surface area is 153 Å². The lowest BCUT2D eigenvalue weighted by molar-refractivity contribution is -0.00812. The molecule has 1 N–H and O–H groups in total. The largest absolute Gasteiger partial charge is 0.370 e. The number of nitrogens with one attached hydrogen (secondary N) is 1. The molecule has 0 amide bonds. The minimum absolute atomic E-state index is 0.0146. The summed E-state index contributed by atoms with van der Waals surface area (Å²) in [4.78, 5) is 7.12. The van der Waals surface area contributed by atoms with E-state index in [1.807, 2.05) is 42.7 Å². The monoisotopic (exact) mass is 358 g/mol. The molecule has 140 valence electrons. The van der Waals surface area contributed by atoms with E-state index in [1.54, 1.807) is 0 Å². The summed E-state index contributed by atoms with van der Waals surface area (Å²) < 4.78 is 9.75. The summed E-state index contributed by atoms with van der Waals surface area (Å²) >= 11 is 0. The predicted molar refractivity (Wildman–Crippen MR) is 96.5 cm³/mol. The van der Waals surface area contributed by atoms with Crippen LogP contribution in [0.3, 0.4) is 0 Å². The molecule has 26 heavy (non-hydrogen) atoms. The van der Waals surface area contributed by atoms with Crippen LogP contribution < -0.4 is 5.32 Å². The molecule has 1 saturated carbocycles. The highest BCUT2D eigenvalue weighted by atomic mass is 16.5. The molecule has 1 unspecified atom stereocenters. The van der Waals surface area contributed by atoms with Crippen molar-refractivity contribution in [1.29, 1.82) is 0 Å². The molecular formula is C17H26N8O. The normalized spacial score (nSPS) is 21.3. The van der Waals surface area contributed by atoms with Gasteiger partial charge in [0.15, 0.2) is 11.8 Å². The minimum Gasteiger partial charge on any atom is -0.370 e. The van der Waals surface area contributed by atoms with Crippen molar-refractivity contribution in [3.8, 4) is 0 Å². The van der Waals surface area contributed by atoms with Crippen LogP contribution in [0.1, 0.15) is 36.2 Å². The number of ether oxygens (including phenoxy) is 1. The number of morpholine rings is 1. The van der Waals surface area contributed by atoms with Gasteiger partial charge in [0.1, 0.15) is 18.5 Å². The smallest absolute Gasteiger partial charge is 0.194 e. The van der Waals surface area contributed by atoms with E-state index in [1.165, 1.54) is 12.8 Å². The van der Waals surface area contributed by atoms with Crippen molar-refractivity contribution < 1.29 is 4.74 Å². The molecule has 1 atom stereocenters. The Hall–Kier alpha value is -2.42. The van der Waals surface area contributed by atoms with Gasteiger partial charge in [-0.2, -0.15) is 5.10 Å². The maximum atomic E-state index is 5.96. The van der Waals surface area contributed by atoms with Crippen LogP contribution in [0, 0.1) is 6.92 Å². The van der Waals surface area contributed by atoms with E-state index in [2.05, 4.69) is 25.5 Å². The highest BCUT2D eigenvalue weighted by Crippen LogP contribution is 2.23. The van der Waals surface area contributed by atoms with Crippen molar-refractivity contribution in [2.75, 3.05) is 19.7 Å². The van der Waals surface area contributed by atoms with Gasteiger partial charge in [0.05, 0.1) is 19.3 Å². The Kier molecular flexibility index (Phi) is 4.62. The molecule has 1 saturated heterocycles. The summed E-state index contributed by atoms with van der Waals surface area (Å²) in [6.45, 7) is 4.73. The number of aromatic nitrogens is 5. The third-order valence-corrected chi connectivity index (χ3v) is 4.93. The summed E-state index contributed by atoms with van der Waals surface area (Å²) in [5, 5.41) is 16.2. The average molecular weight is 358 g/mol. The SMILES string of the molecule is Cc1nnc(CN=C(NC2CC2)N2CCOC(c3cnn(C)c3)C2)n1C. The lowest BCUT2D eigenvalue weighted by Crippen LogP contribution is -2.48. The fourth-order valence-electron chi connectivity index (χ4n) is 3.03. The van der Waals surface area contributed by atoms with Crippen LogP contribution >= 0.6 is 0 Å². The molecule has 4 rings (SSSR count). The molecule has 1 aliphatic carbocycles. The second-order valence-electron chi connectivity index (χ2n) is 7.03. The molecule has 0 aromatic carbocycles. The van der Waals surface area contributed by atoms with Crippen LogP contribution in [0.15, 0.2) is 17.4 Å². The molecule has 2 aliphatic rings. The summed E-state index contributed by atoms with van der Waals surface area (Å²) in [5.41, 5.74) is 1.10. The van der Waals surface area contributed by atoms with Gasteiger partial charge in [-0.25, -0.2) is 4.99 Å². The predicted octanol–water partition coefficient (Wildman–Crippen LogP) is 0.539. The molecule has 0 spiro atoms. The molecule has 1 aliphatic heterocycles. The van der Waals surface area contributed by atoms with Crippen molar-refractivity contribution in [3.05, 3.63) is 29.6 Å². The number of hydrogen-bond acceptors (Lipinski definition) is 5. The fraction of sp³-hybridized carbons (Fsp3) is 0.647. The highest BCUT2D eigenvalue weighted by molar-refractivity contribution is 5.80. The second kappa shape index (κ2) is 7.06. The van der Waals surface area contributed by atoms with E-state index in [0.717, 1.165) is 36.3 Å². The molecule has 2 aromatic heterocycles. The molecule has 9 heteroatoms. The van der Waals surface area contributed by atoms with E-state index < -0.39 is 0 Å². The van der Waals surface area contributed by atoms with Crippen molar-refractivity contribution >= 4 is 5.96 Å². The second-order valence-corrected chi connectivity index (χ2v) is 7.03. The van der Waals surface area contributed by atoms with Gasteiger partial charge in [-0.05, 0) is 19.8 Å². The number of nitrogens with zero attached hydrogens (tertiary/aromatic N) is 7. The summed E-state index contributed by atoms with van der Waals surface area (Å²) in [7, 11) is 3.90. The number of guanidine groups is 1. The van der Waals surface area contributed by atoms with Crippen molar-refractivity contribution in [2.24, 2.45) is 19.1 Å². The lowest BCUT2D eigenvalue weighted by atomic mass is 10.1. The summed E-state index contributed by atoms with van der Waals surface area (Å²) in [6, 6.07) is 0.537. The Bertz CT molecular complexity index is 791. The van der Waals surface area contributed by atoms with E-state index in [9.17, 15) is 0 Å².